The van der Waals surface area contributed by atoms with Gasteiger partial charge >= 0.3 is 5.97 Å². The third kappa shape index (κ3) is 3.70. The highest BCUT2D eigenvalue weighted by atomic mass is 16.5. The highest BCUT2D eigenvalue weighted by Gasteiger charge is 2.37. The van der Waals surface area contributed by atoms with Crippen molar-refractivity contribution in [3.8, 4) is 0 Å². The zero-order valence-corrected chi connectivity index (χ0v) is 12.3. The number of rotatable bonds is 5. The first-order valence-electron chi connectivity index (χ1n) is 7.09. The predicted molar refractivity (Wildman–Crippen MR) is 80.7 cm³/mol. The van der Waals surface area contributed by atoms with E-state index in [0.717, 1.165) is 19.5 Å². The predicted octanol–water partition coefficient (Wildman–Crippen LogP) is 3.13. The van der Waals surface area contributed by atoms with Crippen molar-refractivity contribution < 1.29 is 9.53 Å². The number of hydrogen-bond acceptors (Lipinski definition) is 3. The van der Waals surface area contributed by atoms with Gasteiger partial charge in [0.15, 0.2) is 0 Å². The first-order chi connectivity index (χ1) is 9.52. The second-order valence-electron chi connectivity index (χ2n) is 6.20. The van der Waals surface area contributed by atoms with Crippen LogP contribution in [0.15, 0.2) is 43.0 Å². The Bertz CT molecular complexity index is 467. The van der Waals surface area contributed by atoms with E-state index < -0.39 is 0 Å². The molecule has 1 atom stereocenters. The Hall–Kier alpha value is -1.61. The van der Waals surface area contributed by atoms with E-state index >= 15 is 0 Å². The van der Waals surface area contributed by atoms with E-state index in [0.29, 0.717) is 12.2 Å². The Kier molecular flexibility index (Phi) is 4.61. The van der Waals surface area contributed by atoms with Gasteiger partial charge in [-0.1, -0.05) is 38.1 Å². The summed E-state index contributed by atoms with van der Waals surface area (Å²) in [5.41, 5.74) is 0.882. The van der Waals surface area contributed by atoms with Crippen molar-refractivity contribution in [2.24, 2.45) is 5.41 Å². The fourth-order valence-electron chi connectivity index (χ4n) is 2.88. The standard InChI is InChI=1S/C17H23NO2/c1-4-10-18-13-17(2,3)11-15(18)12-20-16(19)14-8-6-5-7-9-14/h4-9,15H,1,10-13H2,2-3H3. The van der Waals surface area contributed by atoms with Gasteiger partial charge in [-0.15, -0.1) is 6.58 Å². The monoisotopic (exact) mass is 273 g/mol. The second-order valence-corrected chi connectivity index (χ2v) is 6.20. The van der Waals surface area contributed by atoms with Crippen molar-refractivity contribution in [2.45, 2.75) is 26.3 Å². The van der Waals surface area contributed by atoms with Gasteiger partial charge in [0.1, 0.15) is 6.61 Å². The second kappa shape index (κ2) is 6.23. The summed E-state index contributed by atoms with van der Waals surface area (Å²) in [5, 5.41) is 0. The molecule has 1 aliphatic rings. The van der Waals surface area contributed by atoms with Crippen LogP contribution in [0.2, 0.25) is 0 Å². The molecule has 1 aromatic carbocycles. The number of carbonyl (C=O) groups excluding carboxylic acids is 1. The normalized spacial score (nSPS) is 21.6. The van der Waals surface area contributed by atoms with Gasteiger partial charge in [-0.05, 0) is 24.0 Å². The zero-order valence-electron chi connectivity index (χ0n) is 12.3. The summed E-state index contributed by atoms with van der Waals surface area (Å²) in [4.78, 5) is 14.3. The molecule has 0 radical (unpaired) electrons. The summed E-state index contributed by atoms with van der Waals surface area (Å²) < 4.78 is 5.47. The average Bonchev–Trinajstić information content (AvgIpc) is 2.72. The molecule has 1 aliphatic heterocycles. The largest absolute Gasteiger partial charge is 0.460 e. The summed E-state index contributed by atoms with van der Waals surface area (Å²) in [5.74, 6) is -0.242. The van der Waals surface area contributed by atoms with E-state index in [1.807, 2.05) is 24.3 Å². The van der Waals surface area contributed by atoms with Crippen LogP contribution in [0, 0.1) is 5.41 Å². The number of hydrogen-bond donors (Lipinski definition) is 0. The number of carbonyl (C=O) groups is 1. The fourth-order valence-corrected chi connectivity index (χ4v) is 2.88. The molecule has 0 amide bonds. The highest BCUT2D eigenvalue weighted by molar-refractivity contribution is 5.89. The van der Waals surface area contributed by atoms with Crippen LogP contribution >= 0.6 is 0 Å². The lowest BCUT2D eigenvalue weighted by atomic mass is 9.91. The number of nitrogens with zero attached hydrogens (tertiary/aromatic N) is 1. The molecule has 108 valence electrons. The molecule has 1 unspecified atom stereocenters. The van der Waals surface area contributed by atoms with Crippen molar-refractivity contribution in [3.05, 3.63) is 48.6 Å². The molecule has 0 bridgehead atoms. The first kappa shape index (κ1) is 14.8. The molecule has 3 heteroatoms. The van der Waals surface area contributed by atoms with Crippen LogP contribution in [0.5, 0.6) is 0 Å². The molecular formula is C17H23NO2. The highest BCUT2D eigenvalue weighted by Crippen LogP contribution is 2.33. The van der Waals surface area contributed by atoms with Crippen LogP contribution in [0.25, 0.3) is 0 Å². The summed E-state index contributed by atoms with van der Waals surface area (Å²) in [6.07, 6.45) is 2.95. The maximum Gasteiger partial charge on any atom is 0.338 e. The molecule has 0 N–H and O–H groups in total. The van der Waals surface area contributed by atoms with E-state index in [2.05, 4.69) is 25.3 Å². The molecule has 20 heavy (non-hydrogen) atoms. The van der Waals surface area contributed by atoms with Crippen molar-refractivity contribution >= 4 is 5.97 Å². The number of benzene rings is 1. The summed E-state index contributed by atoms with van der Waals surface area (Å²) in [6.45, 7) is 10.6. The maximum absolute atomic E-state index is 12.0. The van der Waals surface area contributed by atoms with Gasteiger partial charge in [-0.2, -0.15) is 0 Å². The molecule has 1 heterocycles. The molecule has 1 aromatic rings. The molecule has 0 aromatic heterocycles. The van der Waals surface area contributed by atoms with Gasteiger partial charge in [-0.25, -0.2) is 4.79 Å². The third-order valence-electron chi connectivity index (χ3n) is 3.72. The SMILES string of the molecule is C=CCN1CC(C)(C)CC1COC(=O)c1ccccc1. The van der Waals surface area contributed by atoms with Crippen molar-refractivity contribution in [1.29, 1.82) is 0 Å². The molecule has 0 aliphatic carbocycles. The zero-order chi connectivity index (χ0) is 14.6. The molecule has 0 spiro atoms. The third-order valence-corrected chi connectivity index (χ3v) is 3.72. The number of likely N-dealkylation sites (tertiary alicyclic amines) is 1. The lowest BCUT2D eigenvalue weighted by Gasteiger charge is -2.22. The van der Waals surface area contributed by atoms with Gasteiger partial charge in [0, 0.05) is 19.1 Å². The Balaban J connectivity index is 1.92. The molecule has 2 rings (SSSR count). The van der Waals surface area contributed by atoms with E-state index in [9.17, 15) is 4.79 Å². The lowest BCUT2D eigenvalue weighted by molar-refractivity contribution is 0.0405. The van der Waals surface area contributed by atoms with Crippen LogP contribution in [0.3, 0.4) is 0 Å². The van der Waals surface area contributed by atoms with E-state index in [4.69, 9.17) is 4.74 Å². The Morgan fingerprint density at radius 3 is 2.80 bits per heavy atom. The van der Waals surface area contributed by atoms with Gasteiger partial charge in [0.05, 0.1) is 5.56 Å². The summed E-state index contributed by atoms with van der Waals surface area (Å²) in [6, 6.07) is 9.43. The number of esters is 1. The van der Waals surface area contributed by atoms with Crippen LogP contribution < -0.4 is 0 Å². The minimum absolute atomic E-state index is 0.242. The molecule has 1 fully saturated rings. The fraction of sp³-hybridized carbons (Fsp3) is 0.471. The molecule has 1 saturated heterocycles. The van der Waals surface area contributed by atoms with Crippen molar-refractivity contribution in [3.63, 3.8) is 0 Å². The first-order valence-corrected chi connectivity index (χ1v) is 7.09. The van der Waals surface area contributed by atoms with Gasteiger partial charge < -0.3 is 4.74 Å². The maximum atomic E-state index is 12.0. The van der Waals surface area contributed by atoms with E-state index in [1.165, 1.54) is 0 Å². The van der Waals surface area contributed by atoms with Crippen LogP contribution in [-0.2, 0) is 4.74 Å². The Morgan fingerprint density at radius 1 is 1.45 bits per heavy atom. The summed E-state index contributed by atoms with van der Waals surface area (Å²) >= 11 is 0. The minimum atomic E-state index is -0.242. The van der Waals surface area contributed by atoms with Crippen LogP contribution in [-0.4, -0.2) is 36.6 Å². The van der Waals surface area contributed by atoms with Gasteiger partial charge in [0.25, 0.3) is 0 Å². The van der Waals surface area contributed by atoms with E-state index in [-0.39, 0.29) is 17.4 Å². The molecule has 0 saturated carbocycles. The molecule has 3 nitrogen and oxygen atoms in total. The van der Waals surface area contributed by atoms with Crippen LogP contribution in [0.1, 0.15) is 30.6 Å². The number of ether oxygens (including phenoxy) is 1. The van der Waals surface area contributed by atoms with Gasteiger partial charge in [0.2, 0.25) is 0 Å². The van der Waals surface area contributed by atoms with E-state index in [1.54, 1.807) is 12.1 Å². The Labute approximate surface area is 121 Å². The minimum Gasteiger partial charge on any atom is -0.460 e. The average molecular weight is 273 g/mol. The lowest BCUT2D eigenvalue weighted by Crippen LogP contribution is -2.34. The summed E-state index contributed by atoms with van der Waals surface area (Å²) in [7, 11) is 0. The van der Waals surface area contributed by atoms with Crippen molar-refractivity contribution in [1.82, 2.24) is 4.90 Å². The van der Waals surface area contributed by atoms with Crippen LogP contribution in [0.4, 0.5) is 0 Å². The topological polar surface area (TPSA) is 29.5 Å². The Morgan fingerprint density at radius 2 is 2.15 bits per heavy atom. The van der Waals surface area contributed by atoms with Crippen molar-refractivity contribution in [2.75, 3.05) is 19.7 Å². The quantitative estimate of drug-likeness (QED) is 0.610. The van der Waals surface area contributed by atoms with Gasteiger partial charge in [-0.3, -0.25) is 4.90 Å². The molecular weight excluding hydrogens is 250 g/mol. The smallest absolute Gasteiger partial charge is 0.338 e.